The number of hydrogen-bond donors (Lipinski definition) is 1. The highest BCUT2D eigenvalue weighted by atomic mass is 16.7. The summed E-state index contributed by atoms with van der Waals surface area (Å²) < 4.78 is 10.7. The molecule has 1 aromatic rings. The van der Waals surface area contributed by atoms with Gasteiger partial charge in [0.05, 0.1) is 13.2 Å². The first-order chi connectivity index (χ1) is 8.27. The maximum Gasteiger partial charge on any atom is 0.281 e. The van der Waals surface area contributed by atoms with Gasteiger partial charge in [0.15, 0.2) is 18.1 Å². The van der Waals surface area contributed by atoms with Crippen molar-refractivity contribution in [3.8, 4) is 11.5 Å². The number of hydrogen-bond acceptors (Lipinski definition) is 4. The van der Waals surface area contributed by atoms with Gasteiger partial charge in [0.1, 0.15) is 0 Å². The molecule has 0 saturated heterocycles. The molecule has 5 heteroatoms. The summed E-state index contributed by atoms with van der Waals surface area (Å²) in [5.41, 5.74) is 2.25. The molecular weight excluding hydrogens is 222 g/mol. The lowest BCUT2D eigenvalue weighted by atomic mass is 10.3. The van der Waals surface area contributed by atoms with Crippen LogP contribution >= 0.6 is 0 Å². The van der Waals surface area contributed by atoms with Gasteiger partial charge in [-0.25, -0.2) is 5.48 Å². The molecule has 1 N–H and O–H groups in total. The van der Waals surface area contributed by atoms with E-state index < -0.39 is 0 Å². The molecule has 1 rings (SSSR count). The van der Waals surface area contributed by atoms with Gasteiger partial charge in [-0.05, 0) is 26.0 Å². The number of para-hydroxylation sites is 2. The predicted octanol–water partition coefficient (Wildman–Crippen LogP) is 1.53. The molecule has 0 aliphatic heterocycles. The van der Waals surface area contributed by atoms with Gasteiger partial charge in [0.25, 0.3) is 5.91 Å². The third-order valence-electron chi connectivity index (χ3n) is 1.84. The maximum absolute atomic E-state index is 11.2. The Bertz CT molecular complexity index is 354. The van der Waals surface area contributed by atoms with Crippen LogP contribution in [-0.2, 0) is 9.63 Å². The van der Waals surface area contributed by atoms with Gasteiger partial charge in [-0.3, -0.25) is 9.63 Å². The minimum Gasteiger partial charge on any atom is -0.490 e. The van der Waals surface area contributed by atoms with Gasteiger partial charge in [-0.2, -0.15) is 0 Å². The van der Waals surface area contributed by atoms with Crippen LogP contribution in [0, 0.1) is 0 Å². The van der Waals surface area contributed by atoms with E-state index >= 15 is 0 Å². The van der Waals surface area contributed by atoms with Gasteiger partial charge in [-0.15, -0.1) is 0 Å². The summed E-state index contributed by atoms with van der Waals surface area (Å²) in [5, 5.41) is 0. The molecule has 0 aliphatic carbocycles. The highest BCUT2D eigenvalue weighted by Gasteiger charge is 2.06. The highest BCUT2D eigenvalue weighted by molar-refractivity contribution is 5.76. The molecule has 5 nitrogen and oxygen atoms in total. The van der Waals surface area contributed by atoms with E-state index in [2.05, 4.69) is 5.48 Å². The third-order valence-corrected chi connectivity index (χ3v) is 1.84. The molecule has 0 radical (unpaired) electrons. The molecule has 0 atom stereocenters. The molecule has 17 heavy (non-hydrogen) atoms. The number of rotatable bonds is 7. The van der Waals surface area contributed by atoms with Crippen molar-refractivity contribution < 1.29 is 19.1 Å². The van der Waals surface area contributed by atoms with Crippen LogP contribution in [0.25, 0.3) is 0 Å². The topological polar surface area (TPSA) is 56.8 Å². The third kappa shape index (κ3) is 4.74. The van der Waals surface area contributed by atoms with Crippen LogP contribution in [0.3, 0.4) is 0 Å². The number of ether oxygens (including phenoxy) is 2. The Morgan fingerprint density at radius 1 is 1.12 bits per heavy atom. The monoisotopic (exact) mass is 239 g/mol. The van der Waals surface area contributed by atoms with Crippen LogP contribution in [0.5, 0.6) is 11.5 Å². The van der Waals surface area contributed by atoms with Crippen LogP contribution < -0.4 is 15.0 Å². The molecule has 1 amide bonds. The zero-order valence-electron chi connectivity index (χ0n) is 10.1. The lowest BCUT2D eigenvalue weighted by Gasteiger charge is -2.11. The fraction of sp³-hybridized carbons (Fsp3) is 0.417. The molecule has 0 unspecified atom stereocenters. The van der Waals surface area contributed by atoms with E-state index in [0.717, 1.165) is 0 Å². The van der Waals surface area contributed by atoms with Gasteiger partial charge < -0.3 is 9.47 Å². The number of benzene rings is 1. The molecular formula is C12H17NO4. The summed E-state index contributed by atoms with van der Waals surface area (Å²) in [4.78, 5) is 16.0. The number of amides is 1. The standard InChI is InChI=1S/C12H17NO4/c1-3-15-10-7-5-6-8-11(10)16-9-12(14)13-17-4-2/h5-8H,3-4,9H2,1-2H3,(H,13,14). The first-order valence-corrected chi connectivity index (χ1v) is 5.53. The second kappa shape index (κ2) is 7.51. The van der Waals surface area contributed by atoms with Crippen molar-refractivity contribution in [1.29, 1.82) is 0 Å². The van der Waals surface area contributed by atoms with Crippen LogP contribution in [0.15, 0.2) is 24.3 Å². The minimum absolute atomic E-state index is 0.107. The van der Waals surface area contributed by atoms with E-state index in [1.54, 1.807) is 19.1 Å². The summed E-state index contributed by atoms with van der Waals surface area (Å²) >= 11 is 0. The van der Waals surface area contributed by atoms with Crippen LogP contribution in [-0.4, -0.2) is 25.7 Å². The molecule has 0 aliphatic rings. The average Bonchev–Trinajstić information content (AvgIpc) is 2.35. The summed E-state index contributed by atoms with van der Waals surface area (Å²) in [6, 6.07) is 7.20. The molecule has 0 aromatic heterocycles. The predicted molar refractivity (Wildman–Crippen MR) is 62.9 cm³/mol. The van der Waals surface area contributed by atoms with Crippen molar-refractivity contribution >= 4 is 5.91 Å². The van der Waals surface area contributed by atoms with E-state index in [9.17, 15) is 4.79 Å². The highest BCUT2D eigenvalue weighted by Crippen LogP contribution is 2.26. The van der Waals surface area contributed by atoms with Crippen molar-refractivity contribution in [3.05, 3.63) is 24.3 Å². The Morgan fingerprint density at radius 2 is 1.76 bits per heavy atom. The Kier molecular flexibility index (Phi) is 5.88. The zero-order chi connectivity index (χ0) is 12.5. The molecule has 0 saturated carbocycles. The van der Waals surface area contributed by atoms with Crippen molar-refractivity contribution in [1.82, 2.24) is 5.48 Å². The lowest BCUT2D eigenvalue weighted by molar-refractivity contribution is -0.135. The van der Waals surface area contributed by atoms with Crippen LogP contribution in [0.2, 0.25) is 0 Å². The molecule has 0 spiro atoms. The van der Waals surface area contributed by atoms with Gasteiger partial charge in [0.2, 0.25) is 0 Å². The fourth-order valence-electron chi connectivity index (χ4n) is 1.17. The lowest BCUT2D eigenvalue weighted by Crippen LogP contribution is -2.29. The summed E-state index contributed by atoms with van der Waals surface area (Å²) in [7, 11) is 0. The quantitative estimate of drug-likeness (QED) is 0.733. The molecule has 0 fully saturated rings. The van der Waals surface area contributed by atoms with Gasteiger partial charge in [0, 0.05) is 0 Å². The Morgan fingerprint density at radius 3 is 2.35 bits per heavy atom. The van der Waals surface area contributed by atoms with E-state index in [-0.39, 0.29) is 12.5 Å². The van der Waals surface area contributed by atoms with E-state index in [4.69, 9.17) is 14.3 Å². The number of hydroxylamine groups is 1. The summed E-state index contributed by atoms with van der Waals surface area (Å²) in [6.07, 6.45) is 0. The molecule has 0 bridgehead atoms. The van der Waals surface area contributed by atoms with Crippen LogP contribution in [0.1, 0.15) is 13.8 Å². The first-order valence-electron chi connectivity index (χ1n) is 5.53. The number of carbonyl (C=O) groups excluding carboxylic acids is 1. The van der Waals surface area contributed by atoms with Crippen molar-refractivity contribution in [2.75, 3.05) is 19.8 Å². The Balaban J connectivity index is 2.47. The molecule has 94 valence electrons. The van der Waals surface area contributed by atoms with E-state index in [0.29, 0.717) is 24.7 Å². The number of carbonyl (C=O) groups is 1. The second-order valence-corrected chi connectivity index (χ2v) is 3.13. The van der Waals surface area contributed by atoms with Crippen LogP contribution in [0.4, 0.5) is 0 Å². The normalized spacial score (nSPS) is 9.76. The number of nitrogens with one attached hydrogen (secondary N) is 1. The second-order valence-electron chi connectivity index (χ2n) is 3.13. The molecule has 1 aromatic carbocycles. The zero-order valence-corrected chi connectivity index (χ0v) is 10.1. The summed E-state index contributed by atoms with van der Waals surface area (Å²) in [5.74, 6) is 0.832. The van der Waals surface area contributed by atoms with E-state index in [1.807, 2.05) is 19.1 Å². The average molecular weight is 239 g/mol. The molecule has 0 heterocycles. The van der Waals surface area contributed by atoms with Crippen molar-refractivity contribution in [2.24, 2.45) is 0 Å². The largest absolute Gasteiger partial charge is 0.490 e. The Labute approximate surface area is 101 Å². The van der Waals surface area contributed by atoms with Crippen molar-refractivity contribution in [3.63, 3.8) is 0 Å². The first kappa shape index (κ1) is 13.3. The van der Waals surface area contributed by atoms with E-state index in [1.165, 1.54) is 0 Å². The Hall–Kier alpha value is -1.75. The van der Waals surface area contributed by atoms with Crippen molar-refractivity contribution in [2.45, 2.75) is 13.8 Å². The fourth-order valence-corrected chi connectivity index (χ4v) is 1.17. The SMILES string of the molecule is CCONC(=O)COc1ccccc1OCC. The smallest absolute Gasteiger partial charge is 0.281 e. The van der Waals surface area contributed by atoms with Gasteiger partial charge >= 0.3 is 0 Å². The van der Waals surface area contributed by atoms with Gasteiger partial charge in [-0.1, -0.05) is 12.1 Å². The maximum atomic E-state index is 11.2. The minimum atomic E-state index is -0.335. The summed E-state index contributed by atoms with van der Waals surface area (Å²) in [6.45, 7) is 4.53.